The Morgan fingerprint density at radius 1 is 1.20 bits per heavy atom. The number of nitrogens with zero attached hydrogens (tertiary/aromatic N) is 1. The Balaban J connectivity index is 2.17. The van der Waals surface area contributed by atoms with Gasteiger partial charge in [-0.3, -0.25) is 4.98 Å². The highest BCUT2D eigenvalue weighted by molar-refractivity contribution is 7.80. The second-order valence-electron chi connectivity index (χ2n) is 4.81. The normalized spacial score (nSPS) is 13.6. The van der Waals surface area contributed by atoms with Crippen LogP contribution in [-0.4, -0.2) is 21.2 Å². The molecule has 0 radical (unpaired) electrons. The van der Waals surface area contributed by atoms with Gasteiger partial charge >= 0.3 is 0 Å². The van der Waals surface area contributed by atoms with E-state index in [0.29, 0.717) is 4.99 Å². The Morgan fingerprint density at radius 3 is 2.45 bits per heavy atom. The van der Waals surface area contributed by atoms with E-state index in [9.17, 15) is 5.11 Å². The number of nitrogens with one attached hydrogen (secondary N) is 1. The van der Waals surface area contributed by atoms with E-state index in [4.69, 9.17) is 12.2 Å². The molecule has 104 valence electrons. The maximum Gasteiger partial charge on any atom is 0.107 e. The summed E-state index contributed by atoms with van der Waals surface area (Å²) in [5.74, 6) is 0. The summed E-state index contributed by atoms with van der Waals surface area (Å²) in [6, 6.07) is 13.3. The predicted octanol–water partition coefficient (Wildman–Crippen LogP) is 2.78. The zero-order valence-electron chi connectivity index (χ0n) is 11.6. The van der Waals surface area contributed by atoms with Crippen LogP contribution in [0.2, 0.25) is 0 Å². The minimum Gasteiger partial charge on any atom is -0.391 e. The largest absolute Gasteiger partial charge is 0.391 e. The van der Waals surface area contributed by atoms with E-state index in [-0.39, 0.29) is 6.04 Å². The first-order chi connectivity index (χ1) is 9.58. The van der Waals surface area contributed by atoms with Crippen molar-refractivity contribution in [1.82, 2.24) is 10.3 Å². The van der Waals surface area contributed by atoms with Crippen LogP contribution in [0.3, 0.4) is 0 Å². The monoisotopic (exact) mass is 286 g/mol. The quantitative estimate of drug-likeness (QED) is 0.848. The van der Waals surface area contributed by atoms with Gasteiger partial charge in [0, 0.05) is 11.8 Å². The smallest absolute Gasteiger partial charge is 0.107 e. The minimum atomic E-state index is -0.590. The summed E-state index contributed by atoms with van der Waals surface area (Å²) < 4.78 is 0. The maximum absolute atomic E-state index is 9.94. The molecule has 0 amide bonds. The number of thiocarbonyl (C=S) groups is 1. The second-order valence-corrected chi connectivity index (χ2v) is 5.22. The molecule has 20 heavy (non-hydrogen) atoms. The number of hydrogen-bond donors (Lipinski definition) is 2. The molecule has 0 spiro atoms. The van der Waals surface area contributed by atoms with Gasteiger partial charge in [0.2, 0.25) is 0 Å². The molecule has 0 aliphatic rings. The van der Waals surface area contributed by atoms with E-state index in [1.54, 1.807) is 13.1 Å². The number of hydrogen-bond acceptors (Lipinski definition) is 3. The van der Waals surface area contributed by atoms with Crippen molar-refractivity contribution in [2.45, 2.75) is 26.0 Å². The first-order valence-corrected chi connectivity index (χ1v) is 6.95. The summed E-state index contributed by atoms with van der Waals surface area (Å²) in [5, 5.41) is 13.1. The van der Waals surface area contributed by atoms with Gasteiger partial charge in [-0.15, -0.1) is 0 Å². The van der Waals surface area contributed by atoms with E-state index in [0.717, 1.165) is 11.3 Å². The van der Waals surface area contributed by atoms with Gasteiger partial charge in [0.15, 0.2) is 0 Å². The third-order valence-electron chi connectivity index (χ3n) is 3.09. The van der Waals surface area contributed by atoms with Gasteiger partial charge in [-0.2, -0.15) is 0 Å². The van der Waals surface area contributed by atoms with E-state index < -0.39 is 6.10 Å². The van der Waals surface area contributed by atoms with Crippen LogP contribution in [0, 0.1) is 6.92 Å². The zero-order chi connectivity index (χ0) is 14.5. The highest BCUT2D eigenvalue weighted by Crippen LogP contribution is 2.16. The SMILES string of the molecule is Cc1ccc(C(=S)NC(c2ccccn2)C(C)O)cc1. The van der Waals surface area contributed by atoms with Gasteiger partial charge < -0.3 is 10.4 Å². The molecule has 0 bridgehead atoms. The fourth-order valence-electron chi connectivity index (χ4n) is 1.93. The van der Waals surface area contributed by atoms with Crippen LogP contribution in [0.25, 0.3) is 0 Å². The summed E-state index contributed by atoms with van der Waals surface area (Å²) in [6.07, 6.45) is 1.12. The maximum atomic E-state index is 9.94. The van der Waals surface area contributed by atoms with E-state index >= 15 is 0 Å². The third kappa shape index (κ3) is 3.62. The van der Waals surface area contributed by atoms with E-state index in [1.165, 1.54) is 5.56 Å². The number of aliphatic hydroxyl groups is 1. The lowest BCUT2D eigenvalue weighted by molar-refractivity contribution is 0.154. The van der Waals surface area contributed by atoms with Gasteiger partial charge in [0.25, 0.3) is 0 Å². The van der Waals surface area contributed by atoms with Crippen LogP contribution >= 0.6 is 12.2 Å². The summed E-state index contributed by atoms with van der Waals surface area (Å²) >= 11 is 5.41. The molecule has 2 atom stereocenters. The number of aromatic nitrogens is 1. The molecule has 1 aromatic heterocycles. The van der Waals surface area contributed by atoms with Crippen molar-refractivity contribution in [2.75, 3.05) is 0 Å². The molecule has 2 rings (SSSR count). The van der Waals surface area contributed by atoms with Gasteiger partial charge in [-0.05, 0) is 26.0 Å². The molecular weight excluding hydrogens is 268 g/mol. The zero-order valence-corrected chi connectivity index (χ0v) is 12.4. The number of rotatable bonds is 4. The van der Waals surface area contributed by atoms with Crippen molar-refractivity contribution in [3.63, 3.8) is 0 Å². The van der Waals surface area contributed by atoms with Crippen LogP contribution in [0.4, 0.5) is 0 Å². The molecule has 1 aromatic carbocycles. The summed E-state index contributed by atoms with van der Waals surface area (Å²) in [6.45, 7) is 3.76. The third-order valence-corrected chi connectivity index (χ3v) is 3.44. The van der Waals surface area contributed by atoms with Crippen molar-refractivity contribution in [2.24, 2.45) is 0 Å². The van der Waals surface area contributed by atoms with Crippen LogP contribution in [0.1, 0.15) is 29.8 Å². The predicted molar refractivity (Wildman–Crippen MR) is 84.7 cm³/mol. The van der Waals surface area contributed by atoms with Crippen LogP contribution < -0.4 is 5.32 Å². The number of pyridine rings is 1. The fourth-order valence-corrected chi connectivity index (χ4v) is 2.19. The molecule has 0 aliphatic carbocycles. The Bertz CT molecular complexity index is 567. The first kappa shape index (κ1) is 14.6. The summed E-state index contributed by atoms with van der Waals surface area (Å²) in [5.41, 5.74) is 2.90. The average molecular weight is 286 g/mol. The Labute approximate surface area is 124 Å². The Kier molecular flexibility index (Phi) is 4.82. The Hall–Kier alpha value is -1.78. The lowest BCUT2D eigenvalue weighted by Gasteiger charge is -2.22. The van der Waals surface area contributed by atoms with Crippen LogP contribution in [-0.2, 0) is 0 Å². The molecule has 4 heteroatoms. The first-order valence-electron chi connectivity index (χ1n) is 6.54. The number of aryl methyl sites for hydroxylation is 1. The molecule has 2 N–H and O–H groups in total. The molecule has 0 saturated carbocycles. The lowest BCUT2D eigenvalue weighted by Crippen LogP contribution is -2.35. The fraction of sp³-hybridized carbons (Fsp3) is 0.250. The van der Waals surface area contributed by atoms with Gasteiger partial charge in [0.1, 0.15) is 4.99 Å². The van der Waals surface area contributed by atoms with Crippen molar-refractivity contribution >= 4 is 17.2 Å². The van der Waals surface area contributed by atoms with Crippen molar-refractivity contribution in [3.8, 4) is 0 Å². The molecule has 0 fully saturated rings. The molecule has 3 nitrogen and oxygen atoms in total. The molecule has 1 heterocycles. The molecular formula is C16H18N2OS. The molecule has 2 aromatic rings. The van der Waals surface area contributed by atoms with E-state index in [1.807, 2.05) is 49.4 Å². The highest BCUT2D eigenvalue weighted by Gasteiger charge is 2.19. The molecule has 0 aliphatic heterocycles. The summed E-state index contributed by atoms with van der Waals surface area (Å²) in [7, 11) is 0. The highest BCUT2D eigenvalue weighted by atomic mass is 32.1. The van der Waals surface area contributed by atoms with E-state index in [2.05, 4.69) is 10.3 Å². The molecule has 2 unspecified atom stereocenters. The van der Waals surface area contributed by atoms with Gasteiger partial charge in [0.05, 0.1) is 17.8 Å². The average Bonchev–Trinajstić information content (AvgIpc) is 2.46. The minimum absolute atomic E-state index is 0.315. The van der Waals surface area contributed by atoms with Gasteiger partial charge in [-0.25, -0.2) is 0 Å². The standard InChI is InChI=1S/C16H18N2OS/c1-11-6-8-13(9-7-11)16(20)18-15(12(2)19)14-5-3-4-10-17-14/h3-10,12,15,19H,1-2H3,(H,18,20). The topological polar surface area (TPSA) is 45.2 Å². The van der Waals surface area contributed by atoms with Crippen molar-refractivity contribution in [3.05, 3.63) is 65.5 Å². The van der Waals surface area contributed by atoms with Gasteiger partial charge in [-0.1, -0.05) is 48.1 Å². The number of benzene rings is 1. The lowest BCUT2D eigenvalue weighted by atomic mass is 10.1. The number of aliphatic hydroxyl groups excluding tert-OH is 1. The molecule has 0 saturated heterocycles. The second kappa shape index (κ2) is 6.59. The van der Waals surface area contributed by atoms with Crippen LogP contribution in [0.5, 0.6) is 0 Å². The van der Waals surface area contributed by atoms with Crippen LogP contribution in [0.15, 0.2) is 48.7 Å². The van der Waals surface area contributed by atoms with Crippen molar-refractivity contribution in [1.29, 1.82) is 0 Å². The summed E-state index contributed by atoms with van der Waals surface area (Å²) in [4.78, 5) is 4.89. The Morgan fingerprint density at radius 2 is 1.90 bits per heavy atom. The van der Waals surface area contributed by atoms with Crippen molar-refractivity contribution < 1.29 is 5.11 Å².